The molecule has 1 heterocycles. The van der Waals surface area contributed by atoms with Crippen LogP contribution in [0.1, 0.15) is 11.1 Å². The maximum atomic E-state index is 5.91. The molecule has 0 atom stereocenters. The molecular formula is C12H15N3O. The number of benzene rings is 1. The number of nitrogens with two attached hydrogens (primary N) is 1. The number of nitrogen functional groups attached to an aromatic ring is 1. The molecule has 0 aliphatic rings. The zero-order chi connectivity index (χ0) is 11.5. The summed E-state index contributed by atoms with van der Waals surface area (Å²) in [6, 6.07) is 5.77. The van der Waals surface area contributed by atoms with Crippen LogP contribution in [0.2, 0.25) is 0 Å². The van der Waals surface area contributed by atoms with Crippen molar-refractivity contribution in [1.82, 2.24) is 9.78 Å². The lowest BCUT2D eigenvalue weighted by molar-refractivity contribution is 0.307. The van der Waals surface area contributed by atoms with E-state index in [0.717, 1.165) is 16.9 Å². The number of hydrogen-bond donors (Lipinski definition) is 1. The van der Waals surface area contributed by atoms with E-state index in [9.17, 15) is 0 Å². The Labute approximate surface area is 94.6 Å². The Morgan fingerprint density at radius 2 is 2.25 bits per heavy atom. The second-order valence-electron chi connectivity index (χ2n) is 3.80. The van der Waals surface area contributed by atoms with Crippen molar-refractivity contribution in [1.29, 1.82) is 0 Å². The third-order valence-electron chi connectivity index (χ3n) is 2.44. The summed E-state index contributed by atoms with van der Waals surface area (Å²) in [5.41, 5.74) is 8.67. The number of hydrogen-bond acceptors (Lipinski definition) is 3. The first-order valence-corrected chi connectivity index (χ1v) is 5.12. The number of para-hydroxylation sites is 1. The number of nitrogens with zero attached hydrogens (tertiary/aromatic N) is 2. The Morgan fingerprint density at radius 1 is 1.44 bits per heavy atom. The molecule has 2 aromatic rings. The van der Waals surface area contributed by atoms with Crippen molar-refractivity contribution in [3.8, 4) is 5.75 Å². The number of rotatable bonds is 3. The van der Waals surface area contributed by atoms with E-state index in [1.165, 1.54) is 0 Å². The zero-order valence-corrected chi connectivity index (χ0v) is 9.47. The van der Waals surface area contributed by atoms with Crippen molar-refractivity contribution in [3.05, 3.63) is 41.7 Å². The van der Waals surface area contributed by atoms with Crippen LogP contribution in [0.4, 0.5) is 5.69 Å². The normalized spacial score (nSPS) is 10.4. The topological polar surface area (TPSA) is 53.1 Å². The lowest BCUT2D eigenvalue weighted by Crippen LogP contribution is -1.99. The summed E-state index contributed by atoms with van der Waals surface area (Å²) in [5.74, 6) is 0.726. The van der Waals surface area contributed by atoms with Crippen molar-refractivity contribution >= 4 is 5.69 Å². The maximum absolute atomic E-state index is 5.91. The third-order valence-corrected chi connectivity index (χ3v) is 2.44. The molecule has 1 aromatic heterocycles. The third kappa shape index (κ3) is 2.16. The number of aryl methyl sites for hydroxylation is 2. The Hall–Kier alpha value is -1.97. The molecule has 84 valence electrons. The number of anilines is 1. The Kier molecular flexibility index (Phi) is 2.81. The average molecular weight is 217 g/mol. The van der Waals surface area contributed by atoms with E-state index in [1.54, 1.807) is 10.9 Å². The molecule has 4 heteroatoms. The van der Waals surface area contributed by atoms with Gasteiger partial charge in [0.25, 0.3) is 0 Å². The van der Waals surface area contributed by atoms with Crippen molar-refractivity contribution < 1.29 is 4.74 Å². The van der Waals surface area contributed by atoms with Gasteiger partial charge in [0.2, 0.25) is 0 Å². The van der Waals surface area contributed by atoms with E-state index < -0.39 is 0 Å². The van der Waals surface area contributed by atoms with Crippen LogP contribution in [-0.2, 0) is 13.7 Å². The highest BCUT2D eigenvalue weighted by Crippen LogP contribution is 2.25. The van der Waals surface area contributed by atoms with Gasteiger partial charge in [-0.3, -0.25) is 4.68 Å². The molecule has 2 rings (SSSR count). The van der Waals surface area contributed by atoms with Crippen LogP contribution in [0.3, 0.4) is 0 Å². The van der Waals surface area contributed by atoms with Gasteiger partial charge in [0.15, 0.2) is 0 Å². The van der Waals surface area contributed by atoms with Gasteiger partial charge in [-0.25, -0.2) is 0 Å². The van der Waals surface area contributed by atoms with Crippen LogP contribution in [0.5, 0.6) is 5.75 Å². The summed E-state index contributed by atoms with van der Waals surface area (Å²) < 4.78 is 7.39. The van der Waals surface area contributed by atoms with Gasteiger partial charge in [-0.2, -0.15) is 5.10 Å². The predicted octanol–water partition coefficient (Wildman–Crippen LogP) is 1.89. The predicted molar refractivity (Wildman–Crippen MR) is 63.1 cm³/mol. The van der Waals surface area contributed by atoms with E-state index in [0.29, 0.717) is 12.3 Å². The lowest BCUT2D eigenvalue weighted by Gasteiger charge is -2.09. The van der Waals surface area contributed by atoms with E-state index in [2.05, 4.69) is 5.10 Å². The Morgan fingerprint density at radius 3 is 2.94 bits per heavy atom. The van der Waals surface area contributed by atoms with Crippen LogP contribution < -0.4 is 10.5 Å². The van der Waals surface area contributed by atoms with E-state index in [1.807, 2.05) is 38.4 Å². The molecule has 0 saturated heterocycles. The molecule has 0 unspecified atom stereocenters. The molecule has 0 fully saturated rings. The summed E-state index contributed by atoms with van der Waals surface area (Å²) in [5, 5.41) is 4.07. The Bertz CT molecular complexity index is 491. The largest absolute Gasteiger partial charge is 0.487 e. The van der Waals surface area contributed by atoms with Crippen LogP contribution in [0.15, 0.2) is 30.6 Å². The van der Waals surface area contributed by atoms with Gasteiger partial charge in [0.1, 0.15) is 12.4 Å². The van der Waals surface area contributed by atoms with Gasteiger partial charge in [-0.15, -0.1) is 0 Å². The molecule has 2 N–H and O–H groups in total. The molecule has 0 radical (unpaired) electrons. The molecule has 0 saturated carbocycles. The first-order chi connectivity index (χ1) is 7.66. The van der Waals surface area contributed by atoms with Crippen molar-refractivity contribution in [2.45, 2.75) is 13.5 Å². The standard InChI is InChI=1S/C12H15N3O/c1-9-4-3-5-11(12(9)13)16-8-10-6-14-15(2)7-10/h3-7H,8,13H2,1-2H3. The van der Waals surface area contributed by atoms with E-state index in [4.69, 9.17) is 10.5 Å². The van der Waals surface area contributed by atoms with E-state index >= 15 is 0 Å². The minimum atomic E-state index is 0.488. The van der Waals surface area contributed by atoms with Gasteiger partial charge in [-0.1, -0.05) is 12.1 Å². The average Bonchev–Trinajstić information content (AvgIpc) is 2.67. The van der Waals surface area contributed by atoms with Crippen LogP contribution >= 0.6 is 0 Å². The van der Waals surface area contributed by atoms with Gasteiger partial charge in [0.05, 0.1) is 11.9 Å². The zero-order valence-electron chi connectivity index (χ0n) is 9.47. The highest BCUT2D eigenvalue weighted by Gasteiger charge is 2.03. The SMILES string of the molecule is Cc1cccc(OCc2cnn(C)c2)c1N. The fourth-order valence-electron chi connectivity index (χ4n) is 1.49. The molecule has 4 nitrogen and oxygen atoms in total. The first-order valence-electron chi connectivity index (χ1n) is 5.12. The van der Waals surface area contributed by atoms with Gasteiger partial charge >= 0.3 is 0 Å². The van der Waals surface area contributed by atoms with Crippen molar-refractivity contribution in [3.63, 3.8) is 0 Å². The molecular weight excluding hydrogens is 202 g/mol. The quantitative estimate of drug-likeness (QED) is 0.799. The molecule has 16 heavy (non-hydrogen) atoms. The maximum Gasteiger partial charge on any atom is 0.142 e. The monoisotopic (exact) mass is 217 g/mol. The molecule has 0 bridgehead atoms. The minimum Gasteiger partial charge on any atom is -0.487 e. The minimum absolute atomic E-state index is 0.488. The second-order valence-corrected chi connectivity index (χ2v) is 3.80. The summed E-state index contributed by atoms with van der Waals surface area (Å²) in [7, 11) is 1.88. The molecule has 1 aromatic carbocycles. The molecule has 0 spiro atoms. The fraction of sp³-hybridized carbons (Fsp3) is 0.250. The summed E-state index contributed by atoms with van der Waals surface area (Å²) in [4.78, 5) is 0. The smallest absolute Gasteiger partial charge is 0.142 e. The Balaban J connectivity index is 2.07. The van der Waals surface area contributed by atoms with Gasteiger partial charge in [0, 0.05) is 18.8 Å². The lowest BCUT2D eigenvalue weighted by atomic mass is 10.2. The van der Waals surface area contributed by atoms with Gasteiger partial charge < -0.3 is 10.5 Å². The molecule has 0 amide bonds. The van der Waals surface area contributed by atoms with Crippen molar-refractivity contribution in [2.24, 2.45) is 7.05 Å². The second kappa shape index (κ2) is 4.26. The highest BCUT2D eigenvalue weighted by atomic mass is 16.5. The van der Waals surface area contributed by atoms with Crippen LogP contribution in [-0.4, -0.2) is 9.78 Å². The summed E-state index contributed by atoms with van der Waals surface area (Å²) in [6.45, 7) is 2.45. The van der Waals surface area contributed by atoms with Crippen LogP contribution in [0, 0.1) is 6.92 Å². The number of aromatic nitrogens is 2. The molecule has 0 aliphatic heterocycles. The first kappa shape index (κ1) is 10.5. The van der Waals surface area contributed by atoms with Gasteiger partial charge in [-0.05, 0) is 18.6 Å². The fourth-order valence-corrected chi connectivity index (χ4v) is 1.49. The van der Waals surface area contributed by atoms with E-state index in [-0.39, 0.29) is 0 Å². The van der Waals surface area contributed by atoms with Crippen molar-refractivity contribution in [2.75, 3.05) is 5.73 Å². The summed E-state index contributed by atoms with van der Waals surface area (Å²) >= 11 is 0. The number of ether oxygens (including phenoxy) is 1. The molecule has 0 aliphatic carbocycles. The highest BCUT2D eigenvalue weighted by molar-refractivity contribution is 5.57. The summed E-state index contributed by atoms with van der Waals surface area (Å²) in [6.07, 6.45) is 3.71. The van der Waals surface area contributed by atoms with Crippen LogP contribution in [0.25, 0.3) is 0 Å².